The number of carboxylic acids is 1. The van der Waals surface area contributed by atoms with Crippen molar-refractivity contribution in [2.24, 2.45) is 23.2 Å². The van der Waals surface area contributed by atoms with E-state index in [0.717, 1.165) is 38.5 Å². The van der Waals surface area contributed by atoms with Crippen molar-refractivity contribution in [1.29, 1.82) is 0 Å². The molecule has 19 heavy (non-hydrogen) atoms. The first-order valence-corrected chi connectivity index (χ1v) is 7.42. The summed E-state index contributed by atoms with van der Waals surface area (Å²) in [5.74, 6) is -0.642. The molecule has 2 N–H and O–H groups in total. The van der Waals surface area contributed by atoms with Crippen LogP contribution in [0.5, 0.6) is 0 Å². The molecule has 0 radical (unpaired) electrons. The maximum atomic E-state index is 12.2. The summed E-state index contributed by atoms with van der Waals surface area (Å²) < 4.78 is 0. The summed E-state index contributed by atoms with van der Waals surface area (Å²) in [5, 5.41) is 12.1. The van der Waals surface area contributed by atoms with Crippen molar-refractivity contribution in [3.63, 3.8) is 0 Å². The van der Waals surface area contributed by atoms with E-state index in [0.29, 0.717) is 6.54 Å². The standard InChI is InChI=1S/C15H25NO3/c1-15(2)8-4-7-12(15)13(17)16-9-10-5-3-6-11(10)14(18)19/h10-12H,3-9H2,1-2H3,(H,16,17)(H,18,19). The van der Waals surface area contributed by atoms with Crippen LogP contribution < -0.4 is 5.32 Å². The zero-order valence-corrected chi connectivity index (χ0v) is 11.9. The lowest BCUT2D eigenvalue weighted by atomic mass is 9.81. The molecule has 0 aliphatic heterocycles. The van der Waals surface area contributed by atoms with Gasteiger partial charge >= 0.3 is 5.97 Å². The van der Waals surface area contributed by atoms with Gasteiger partial charge < -0.3 is 10.4 Å². The van der Waals surface area contributed by atoms with Crippen molar-refractivity contribution >= 4 is 11.9 Å². The maximum Gasteiger partial charge on any atom is 0.306 e. The molecule has 2 fully saturated rings. The number of carbonyl (C=O) groups excluding carboxylic acids is 1. The van der Waals surface area contributed by atoms with Crippen LogP contribution in [0.15, 0.2) is 0 Å². The first-order valence-electron chi connectivity index (χ1n) is 7.42. The van der Waals surface area contributed by atoms with Crippen molar-refractivity contribution in [2.75, 3.05) is 6.54 Å². The molecule has 0 saturated heterocycles. The van der Waals surface area contributed by atoms with Gasteiger partial charge in [-0.1, -0.05) is 26.7 Å². The SMILES string of the molecule is CC1(C)CCCC1C(=O)NCC1CCCC1C(=O)O. The van der Waals surface area contributed by atoms with Gasteiger partial charge in [-0.2, -0.15) is 0 Å². The van der Waals surface area contributed by atoms with Gasteiger partial charge in [-0.15, -0.1) is 0 Å². The van der Waals surface area contributed by atoms with Gasteiger partial charge in [0, 0.05) is 12.5 Å². The van der Waals surface area contributed by atoms with Gasteiger partial charge in [0.25, 0.3) is 0 Å². The van der Waals surface area contributed by atoms with E-state index in [1.165, 1.54) is 0 Å². The Morgan fingerprint density at radius 2 is 1.95 bits per heavy atom. The Hall–Kier alpha value is -1.06. The van der Waals surface area contributed by atoms with Crippen LogP contribution in [-0.4, -0.2) is 23.5 Å². The lowest BCUT2D eigenvalue weighted by Crippen LogP contribution is -2.39. The monoisotopic (exact) mass is 267 g/mol. The van der Waals surface area contributed by atoms with Crippen LogP contribution in [0.3, 0.4) is 0 Å². The fraction of sp³-hybridized carbons (Fsp3) is 0.867. The topological polar surface area (TPSA) is 66.4 Å². The summed E-state index contributed by atoms with van der Waals surface area (Å²) in [6.07, 6.45) is 5.83. The third-order valence-corrected chi connectivity index (χ3v) is 5.09. The second-order valence-electron chi connectivity index (χ2n) is 6.81. The van der Waals surface area contributed by atoms with E-state index in [2.05, 4.69) is 19.2 Å². The van der Waals surface area contributed by atoms with Crippen LogP contribution in [0.2, 0.25) is 0 Å². The molecule has 4 nitrogen and oxygen atoms in total. The highest BCUT2D eigenvalue weighted by Crippen LogP contribution is 2.42. The number of rotatable bonds is 4. The van der Waals surface area contributed by atoms with Crippen LogP contribution >= 0.6 is 0 Å². The number of aliphatic carboxylic acids is 1. The second kappa shape index (κ2) is 5.51. The van der Waals surface area contributed by atoms with Crippen LogP contribution in [0, 0.1) is 23.2 Å². The van der Waals surface area contributed by atoms with Crippen molar-refractivity contribution in [3.05, 3.63) is 0 Å². The third kappa shape index (κ3) is 3.10. The van der Waals surface area contributed by atoms with Crippen LogP contribution in [0.25, 0.3) is 0 Å². The Kier molecular flexibility index (Phi) is 4.16. The third-order valence-electron chi connectivity index (χ3n) is 5.09. The van der Waals surface area contributed by atoms with Crippen molar-refractivity contribution in [2.45, 2.75) is 52.4 Å². The Bertz CT molecular complexity index is 364. The van der Waals surface area contributed by atoms with Gasteiger partial charge in [0.05, 0.1) is 5.92 Å². The predicted molar refractivity (Wildman–Crippen MR) is 72.6 cm³/mol. The van der Waals surface area contributed by atoms with E-state index >= 15 is 0 Å². The van der Waals surface area contributed by atoms with E-state index in [-0.39, 0.29) is 29.1 Å². The zero-order valence-electron chi connectivity index (χ0n) is 11.9. The average molecular weight is 267 g/mol. The lowest BCUT2D eigenvalue weighted by molar-refractivity contribution is -0.143. The molecule has 0 aromatic heterocycles. The molecular formula is C15H25NO3. The summed E-state index contributed by atoms with van der Waals surface area (Å²) in [7, 11) is 0. The molecule has 1 amide bonds. The van der Waals surface area contributed by atoms with Gasteiger partial charge in [-0.25, -0.2) is 0 Å². The maximum absolute atomic E-state index is 12.2. The van der Waals surface area contributed by atoms with Crippen molar-refractivity contribution in [3.8, 4) is 0 Å². The number of hydrogen-bond acceptors (Lipinski definition) is 2. The van der Waals surface area contributed by atoms with Crippen LogP contribution in [0.4, 0.5) is 0 Å². The van der Waals surface area contributed by atoms with Gasteiger partial charge in [-0.3, -0.25) is 9.59 Å². The van der Waals surface area contributed by atoms with Crippen LogP contribution in [0.1, 0.15) is 52.4 Å². The van der Waals surface area contributed by atoms with Gasteiger partial charge in [-0.05, 0) is 37.0 Å². The van der Waals surface area contributed by atoms with E-state index < -0.39 is 5.97 Å². The van der Waals surface area contributed by atoms with Gasteiger partial charge in [0.15, 0.2) is 0 Å². The first kappa shape index (κ1) is 14.4. The molecule has 0 heterocycles. The predicted octanol–water partition coefficient (Wildman–Crippen LogP) is 2.43. The highest BCUT2D eigenvalue weighted by atomic mass is 16.4. The summed E-state index contributed by atoms with van der Waals surface area (Å²) in [6, 6.07) is 0. The molecule has 3 atom stereocenters. The van der Waals surface area contributed by atoms with E-state index in [9.17, 15) is 9.59 Å². The normalized spacial score (nSPS) is 33.3. The Morgan fingerprint density at radius 1 is 1.21 bits per heavy atom. The second-order valence-corrected chi connectivity index (χ2v) is 6.81. The highest BCUT2D eigenvalue weighted by Gasteiger charge is 2.40. The number of carbonyl (C=O) groups is 2. The van der Waals surface area contributed by atoms with E-state index in [4.69, 9.17) is 5.11 Å². The van der Waals surface area contributed by atoms with Gasteiger partial charge in [0.2, 0.25) is 5.91 Å². The minimum atomic E-state index is -0.710. The highest BCUT2D eigenvalue weighted by molar-refractivity contribution is 5.80. The molecule has 4 heteroatoms. The molecule has 2 rings (SSSR count). The van der Waals surface area contributed by atoms with Crippen molar-refractivity contribution in [1.82, 2.24) is 5.32 Å². The number of hydrogen-bond donors (Lipinski definition) is 2. The molecule has 2 aliphatic carbocycles. The first-order chi connectivity index (χ1) is 8.92. The Morgan fingerprint density at radius 3 is 2.53 bits per heavy atom. The fourth-order valence-corrected chi connectivity index (χ4v) is 3.77. The Labute approximate surface area is 115 Å². The van der Waals surface area contributed by atoms with Crippen LogP contribution in [-0.2, 0) is 9.59 Å². The molecule has 0 bridgehead atoms. The number of nitrogens with one attached hydrogen (secondary N) is 1. The summed E-state index contributed by atoms with van der Waals surface area (Å²) in [6.45, 7) is 4.84. The summed E-state index contributed by atoms with van der Waals surface area (Å²) in [4.78, 5) is 23.3. The Balaban J connectivity index is 1.85. The van der Waals surface area contributed by atoms with Crippen molar-refractivity contribution < 1.29 is 14.7 Å². The quantitative estimate of drug-likeness (QED) is 0.822. The van der Waals surface area contributed by atoms with E-state index in [1.807, 2.05) is 0 Å². The summed E-state index contributed by atoms with van der Waals surface area (Å²) >= 11 is 0. The molecule has 0 aromatic carbocycles. The molecule has 108 valence electrons. The largest absolute Gasteiger partial charge is 0.481 e. The molecule has 2 saturated carbocycles. The molecule has 3 unspecified atom stereocenters. The molecule has 2 aliphatic rings. The molecular weight excluding hydrogens is 242 g/mol. The number of amides is 1. The molecule has 0 aromatic rings. The minimum Gasteiger partial charge on any atom is -0.481 e. The smallest absolute Gasteiger partial charge is 0.306 e. The zero-order chi connectivity index (χ0) is 14.0. The van der Waals surface area contributed by atoms with Gasteiger partial charge in [0.1, 0.15) is 0 Å². The minimum absolute atomic E-state index is 0.0892. The fourth-order valence-electron chi connectivity index (χ4n) is 3.77. The lowest BCUT2D eigenvalue weighted by Gasteiger charge is -2.27. The summed E-state index contributed by atoms with van der Waals surface area (Å²) in [5.41, 5.74) is 0.0892. The average Bonchev–Trinajstić information content (AvgIpc) is 2.91. The van der Waals surface area contributed by atoms with E-state index in [1.54, 1.807) is 0 Å². The number of carboxylic acid groups (broad SMARTS) is 1. The molecule has 0 spiro atoms.